The van der Waals surface area contributed by atoms with Gasteiger partial charge in [0, 0.05) is 33.3 Å². The topological polar surface area (TPSA) is 96.7 Å². The summed E-state index contributed by atoms with van der Waals surface area (Å²) in [6.07, 6.45) is 2.53. The zero-order valence-corrected chi connectivity index (χ0v) is 15.4. The fraction of sp³-hybridized carbons (Fsp3) is 0.706. The summed E-state index contributed by atoms with van der Waals surface area (Å²) in [6, 6.07) is 1.50. The Kier molecular flexibility index (Phi) is 6.18. The summed E-state index contributed by atoms with van der Waals surface area (Å²) < 4.78 is 7.23. The van der Waals surface area contributed by atoms with E-state index in [1.54, 1.807) is 22.8 Å². The van der Waals surface area contributed by atoms with Gasteiger partial charge < -0.3 is 20.1 Å². The molecular formula is C17H28N4O4. The average molecular weight is 352 g/mol. The van der Waals surface area contributed by atoms with Crippen LogP contribution in [-0.2, 0) is 21.4 Å². The molecule has 1 aliphatic rings. The first-order valence-corrected chi connectivity index (χ1v) is 8.53. The predicted molar refractivity (Wildman–Crippen MR) is 91.6 cm³/mol. The average Bonchev–Trinajstić information content (AvgIpc) is 2.99. The van der Waals surface area contributed by atoms with Crippen molar-refractivity contribution in [2.45, 2.75) is 38.3 Å². The number of hydrogen-bond donors (Lipinski definition) is 2. The minimum absolute atomic E-state index is 0.0295. The molecule has 2 rings (SSSR count). The molecule has 2 amide bonds. The highest BCUT2D eigenvalue weighted by Crippen LogP contribution is 2.35. The second kappa shape index (κ2) is 7.97. The van der Waals surface area contributed by atoms with Gasteiger partial charge in [-0.1, -0.05) is 0 Å². The standard InChI is InChI=1S/C17H28N4O4/c1-17(2,25-10-9-22)11-18-16(24)12-5-6-14(23)20(3)15(12)13-7-8-19-21(13)4/h7-8,12,15,22H,5-6,9-11H2,1-4H3,(H,18,24)/t12-,15-/m0/s1. The van der Waals surface area contributed by atoms with E-state index in [4.69, 9.17) is 9.84 Å². The summed E-state index contributed by atoms with van der Waals surface area (Å²) in [4.78, 5) is 26.6. The Hall–Kier alpha value is -1.93. The van der Waals surface area contributed by atoms with Crippen molar-refractivity contribution in [3.05, 3.63) is 18.0 Å². The Morgan fingerprint density at radius 2 is 2.20 bits per heavy atom. The number of rotatable bonds is 7. The maximum absolute atomic E-state index is 12.8. The SMILES string of the molecule is CN1C(=O)CC[C@H](C(=O)NCC(C)(C)OCCO)[C@H]1c1ccnn1C. The summed E-state index contributed by atoms with van der Waals surface area (Å²) in [7, 11) is 3.54. The number of aromatic nitrogens is 2. The Bertz CT molecular complexity index is 614. The number of nitrogens with zero attached hydrogens (tertiary/aromatic N) is 3. The molecule has 1 aromatic rings. The summed E-state index contributed by atoms with van der Waals surface area (Å²) >= 11 is 0. The van der Waals surface area contributed by atoms with Crippen LogP contribution in [0.5, 0.6) is 0 Å². The molecule has 0 unspecified atom stereocenters. The van der Waals surface area contributed by atoms with Crippen LogP contribution in [0, 0.1) is 5.92 Å². The highest BCUT2D eigenvalue weighted by atomic mass is 16.5. The van der Waals surface area contributed by atoms with Crippen molar-refractivity contribution in [1.82, 2.24) is 20.0 Å². The van der Waals surface area contributed by atoms with Crippen LogP contribution < -0.4 is 5.32 Å². The van der Waals surface area contributed by atoms with E-state index in [1.165, 1.54) is 0 Å². The van der Waals surface area contributed by atoms with Gasteiger partial charge >= 0.3 is 0 Å². The largest absolute Gasteiger partial charge is 0.394 e. The number of likely N-dealkylation sites (tertiary alicyclic amines) is 1. The molecule has 1 fully saturated rings. The summed E-state index contributed by atoms with van der Waals surface area (Å²) in [5, 5.41) is 16.0. The quantitative estimate of drug-likeness (QED) is 0.732. The van der Waals surface area contributed by atoms with Gasteiger partial charge in [0.05, 0.1) is 36.5 Å². The monoisotopic (exact) mass is 352 g/mol. The lowest BCUT2D eigenvalue weighted by molar-refractivity contribution is -0.142. The van der Waals surface area contributed by atoms with E-state index in [9.17, 15) is 9.59 Å². The molecule has 2 heterocycles. The number of nitrogens with one attached hydrogen (secondary N) is 1. The van der Waals surface area contributed by atoms with Crippen molar-refractivity contribution in [2.75, 3.05) is 26.8 Å². The van der Waals surface area contributed by atoms with E-state index in [0.717, 1.165) is 5.69 Å². The first-order chi connectivity index (χ1) is 11.8. The summed E-state index contributed by atoms with van der Waals surface area (Å²) in [5.41, 5.74) is 0.267. The zero-order chi connectivity index (χ0) is 18.6. The van der Waals surface area contributed by atoms with Gasteiger partial charge in [-0.3, -0.25) is 14.3 Å². The van der Waals surface area contributed by atoms with Gasteiger partial charge in [0.2, 0.25) is 11.8 Å². The number of piperidine rings is 1. The van der Waals surface area contributed by atoms with Crippen molar-refractivity contribution in [3.63, 3.8) is 0 Å². The van der Waals surface area contributed by atoms with Crippen molar-refractivity contribution in [1.29, 1.82) is 0 Å². The van der Waals surface area contributed by atoms with Crippen molar-refractivity contribution >= 4 is 11.8 Å². The molecule has 2 atom stereocenters. The number of aryl methyl sites for hydroxylation is 1. The molecule has 0 spiro atoms. The van der Waals surface area contributed by atoms with E-state index >= 15 is 0 Å². The molecule has 0 saturated carbocycles. The number of aliphatic hydroxyl groups is 1. The first kappa shape index (κ1) is 19.4. The molecule has 140 valence electrons. The maximum atomic E-state index is 12.8. The lowest BCUT2D eigenvalue weighted by Crippen LogP contribution is -2.49. The third-order valence-electron chi connectivity index (χ3n) is 4.63. The third kappa shape index (κ3) is 4.58. The van der Waals surface area contributed by atoms with Gasteiger partial charge in [-0.15, -0.1) is 0 Å². The van der Waals surface area contributed by atoms with Crippen LogP contribution in [0.4, 0.5) is 0 Å². The van der Waals surface area contributed by atoms with Crippen LogP contribution in [0.25, 0.3) is 0 Å². The third-order valence-corrected chi connectivity index (χ3v) is 4.63. The molecular weight excluding hydrogens is 324 g/mol. The lowest BCUT2D eigenvalue weighted by Gasteiger charge is -2.38. The molecule has 1 aromatic heterocycles. The number of carbonyl (C=O) groups excluding carboxylic acids is 2. The van der Waals surface area contributed by atoms with Gasteiger partial charge in [-0.2, -0.15) is 5.10 Å². The molecule has 0 aromatic carbocycles. The molecule has 0 bridgehead atoms. The van der Waals surface area contributed by atoms with E-state index in [-0.39, 0.29) is 37.0 Å². The first-order valence-electron chi connectivity index (χ1n) is 8.53. The molecule has 0 aliphatic carbocycles. The summed E-state index contributed by atoms with van der Waals surface area (Å²) in [5.74, 6) is -0.417. The molecule has 8 nitrogen and oxygen atoms in total. The minimum Gasteiger partial charge on any atom is -0.394 e. The maximum Gasteiger partial charge on any atom is 0.225 e. The highest BCUT2D eigenvalue weighted by molar-refractivity contribution is 5.84. The number of aliphatic hydroxyl groups excluding tert-OH is 1. The van der Waals surface area contributed by atoms with E-state index in [2.05, 4.69) is 10.4 Å². The molecule has 0 radical (unpaired) electrons. The van der Waals surface area contributed by atoms with Crippen LogP contribution in [0.2, 0.25) is 0 Å². The number of ether oxygens (including phenoxy) is 1. The smallest absolute Gasteiger partial charge is 0.225 e. The van der Waals surface area contributed by atoms with Crippen LogP contribution in [-0.4, -0.2) is 64.0 Å². The van der Waals surface area contributed by atoms with E-state index in [1.807, 2.05) is 27.0 Å². The fourth-order valence-electron chi connectivity index (χ4n) is 3.20. The number of carbonyl (C=O) groups is 2. The predicted octanol–water partition coefficient (Wildman–Crippen LogP) is 0.233. The van der Waals surface area contributed by atoms with Gasteiger partial charge in [0.25, 0.3) is 0 Å². The molecule has 2 N–H and O–H groups in total. The van der Waals surface area contributed by atoms with Crippen LogP contribution >= 0.6 is 0 Å². The normalized spacial score (nSPS) is 21.5. The van der Waals surface area contributed by atoms with Crippen LogP contribution in [0.3, 0.4) is 0 Å². The zero-order valence-electron chi connectivity index (χ0n) is 15.4. The van der Waals surface area contributed by atoms with Crippen LogP contribution in [0.1, 0.15) is 38.4 Å². The fourth-order valence-corrected chi connectivity index (χ4v) is 3.20. The summed E-state index contributed by atoms with van der Waals surface area (Å²) in [6.45, 7) is 4.21. The molecule has 1 aliphatic heterocycles. The van der Waals surface area contributed by atoms with E-state index in [0.29, 0.717) is 19.4 Å². The Balaban J connectivity index is 2.11. The van der Waals surface area contributed by atoms with Gasteiger partial charge in [-0.25, -0.2) is 0 Å². The van der Waals surface area contributed by atoms with Gasteiger partial charge in [0.1, 0.15) is 0 Å². The van der Waals surface area contributed by atoms with Crippen molar-refractivity contribution < 1.29 is 19.4 Å². The Morgan fingerprint density at radius 3 is 2.80 bits per heavy atom. The Morgan fingerprint density at radius 1 is 1.48 bits per heavy atom. The number of hydrogen-bond acceptors (Lipinski definition) is 5. The minimum atomic E-state index is -0.573. The molecule has 1 saturated heterocycles. The molecule has 8 heteroatoms. The van der Waals surface area contributed by atoms with E-state index < -0.39 is 5.60 Å². The number of amides is 2. The lowest BCUT2D eigenvalue weighted by atomic mass is 9.86. The van der Waals surface area contributed by atoms with Crippen molar-refractivity contribution in [3.8, 4) is 0 Å². The highest BCUT2D eigenvalue weighted by Gasteiger charge is 2.40. The van der Waals surface area contributed by atoms with Gasteiger partial charge in [0.15, 0.2) is 0 Å². The Labute approximate surface area is 148 Å². The van der Waals surface area contributed by atoms with Crippen molar-refractivity contribution in [2.24, 2.45) is 13.0 Å². The molecule has 25 heavy (non-hydrogen) atoms. The van der Waals surface area contributed by atoms with Gasteiger partial charge in [-0.05, 0) is 26.3 Å². The second-order valence-electron chi connectivity index (χ2n) is 7.02. The van der Waals surface area contributed by atoms with Crippen LogP contribution in [0.15, 0.2) is 12.3 Å². The second-order valence-corrected chi connectivity index (χ2v) is 7.02.